The standard InChI is InChI=1S/C21H27O6P/c1-17(24-2)27-21(19-13-9-6-10-14-19,15-16-28(23,25-3)26-4)20(22)18-11-7-5-8-12-18/h5-14,17H,15-16H2,1-4H3. The minimum atomic E-state index is -3.35. The van der Waals surface area contributed by atoms with Crippen LogP contribution in [0.3, 0.4) is 0 Å². The first-order valence-electron chi connectivity index (χ1n) is 8.97. The molecule has 0 saturated heterocycles. The highest BCUT2D eigenvalue weighted by molar-refractivity contribution is 7.53. The van der Waals surface area contributed by atoms with Crippen molar-refractivity contribution in [2.24, 2.45) is 0 Å². The molecule has 152 valence electrons. The summed E-state index contributed by atoms with van der Waals surface area (Å²) in [6, 6.07) is 18.0. The van der Waals surface area contributed by atoms with Crippen LogP contribution in [0.4, 0.5) is 0 Å². The molecule has 6 nitrogen and oxygen atoms in total. The first-order valence-corrected chi connectivity index (χ1v) is 10.7. The lowest BCUT2D eigenvalue weighted by Crippen LogP contribution is -2.42. The lowest BCUT2D eigenvalue weighted by molar-refractivity contribution is -0.177. The molecule has 0 fully saturated rings. The molecule has 28 heavy (non-hydrogen) atoms. The van der Waals surface area contributed by atoms with Gasteiger partial charge in [0.1, 0.15) is 0 Å². The predicted molar refractivity (Wildman–Crippen MR) is 108 cm³/mol. The monoisotopic (exact) mass is 406 g/mol. The third kappa shape index (κ3) is 5.16. The van der Waals surface area contributed by atoms with E-state index >= 15 is 0 Å². The van der Waals surface area contributed by atoms with Crippen LogP contribution in [-0.2, 0) is 28.7 Å². The zero-order chi connectivity index (χ0) is 20.6. The molecule has 0 aliphatic carbocycles. The summed E-state index contributed by atoms with van der Waals surface area (Å²) in [5.74, 6) is -0.248. The molecule has 0 saturated carbocycles. The maximum atomic E-state index is 13.7. The van der Waals surface area contributed by atoms with Crippen molar-refractivity contribution in [1.82, 2.24) is 0 Å². The highest BCUT2D eigenvalue weighted by Gasteiger charge is 2.45. The van der Waals surface area contributed by atoms with Gasteiger partial charge in [0.2, 0.25) is 0 Å². The lowest BCUT2D eigenvalue weighted by atomic mass is 9.83. The van der Waals surface area contributed by atoms with Crippen LogP contribution in [0, 0.1) is 0 Å². The first kappa shape index (κ1) is 22.5. The Morgan fingerprint density at radius 3 is 2.00 bits per heavy atom. The van der Waals surface area contributed by atoms with E-state index in [1.54, 1.807) is 31.2 Å². The maximum absolute atomic E-state index is 13.7. The van der Waals surface area contributed by atoms with Gasteiger partial charge in [-0.1, -0.05) is 60.7 Å². The number of carbonyl (C=O) groups excluding carboxylic acids is 1. The van der Waals surface area contributed by atoms with Crippen LogP contribution in [0.25, 0.3) is 0 Å². The van der Waals surface area contributed by atoms with Crippen molar-refractivity contribution in [3.63, 3.8) is 0 Å². The van der Waals surface area contributed by atoms with Crippen LogP contribution in [0.15, 0.2) is 60.7 Å². The fraction of sp³-hybridized carbons (Fsp3) is 0.381. The minimum Gasteiger partial charge on any atom is -0.356 e. The average Bonchev–Trinajstić information content (AvgIpc) is 2.77. The Kier molecular flexibility index (Phi) is 8.10. The summed E-state index contributed by atoms with van der Waals surface area (Å²) in [6.07, 6.45) is -0.571. The summed E-state index contributed by atoms with van der Waals surface area (Å²) in [6.45, 7) is 1.71. The number of ketones is 1. The smallest absolute Gasteiger partial charge is 0.330 e. The average molecular weight is 406 g/mol. The van der Waals surface area contributed by atoms with Gasteiger partial charge in [0.05, 0.1) is 6.16 Å². The fourth-order valence-corrected chi connectivity index (χ4v) is 4.09. The Labute approximate surface area is 166 Å². The molecule has 2 aromatic rings. The first-order chi connectivity index (χ1) is 13.4. The quantitative estimate of drug-likeness (QED) is 0.307. The van der Waals surface area contributed by atoms with E-state index < -0.39 is 19.5 Å². The van der Waals surface area contributed by atoms with Gasteiger partial charge in [-0.2, -0.15) is 0 Å². The maximum Gasteiger partial charge on any atom is 0.330 e. The molecular formula is C21H27O6P. The second-order valence-electron chi connectivity index (χ2n) is 6.26. The summed E-state index contributed by atoms with van der Waals surface area (Å²) >= 11 is 0. The van der Waals surface area contributed by atoms with Crippen molar-refractivity contribution < 1.29 is 27.9 Å². The zero-order valence-corrected chi connectivity index (χ0v) is 17.6. The Morgan fingerprint density at radius 2 is 1.50 bits per heavy atom. The molecule has 0 radical (unpaired) electrons. The molecule has 0 spiro atoms. The van der Waals surface area contributed by atoms with Gasteiger partial charge in [0.15, 0.2) is 17.7 Å². The molecule has 0 aliphatic heterocycles. The Balaban J connectivity index is 2.58. The van der Waals surface area contributed by atoms with Gasteiger partial charge in [0, 0.05) is 26.9 Å². The van der Waals surface area contributed by atoms with E-state index in [2.05, 4.69) is 0 Å². The summed E-state index contributed by atoms with van der Waals surface area (Å²) < 4.78 is 34.3. The summed E-state index contributed by atoms with van der Waals surface area (Å²) in [7, 11) is 0.799. The van der Waals surface area contributed by atoms with Crippen LogP contribution in [0.1, 0.15) is 29.3 Å². The molecule has 2 unspecified atom stereocenters. The molecule has 7 heteroatoms. The van der Waals surface area contributed by atoms with Crippen LogP contribution in [-0.4, -0.2) is 39.6 Å². The normalized spacial score (nSPS) is 15.0. The zero-order valence-electron chi connectivity index (χ0n) is 16.7. The summed E-state index contributed by atoms with van der Waals surface area (Å²) in [5, 5.41) is 0. The third-order valence-corrected chi connectivity index (χ3v) is 6.52. The molecule has 0 aromatic heterocycles. The second kappa shape index (κ2) is 10.1. The molecule has 0 aliphatic rings. The number of benzene rings is 2. The molecule has 0 N–H and O–H groups in total. The molecule has 2 rings (SSSR count). The predicted octanol–water partition coefficient (Wildman–Crippen LogP) is 4.65. The van der Waals surface area contributed by atoms with Crippen LogP contribution >= 0.6 is 7.60 Å². The number of methoxy groups -OCH3 is 1. The van der Waals surface area contributed by atoms with Gasteiger partial charge >= 0.3 is 7.60 Å². The lowest BCUT2D eigenvalue weighted by Gasteiger charge is -2.35. The Morgan fingerprint density at radius 1 is 0.964 bits per heavy atom. The number of rotatable bonds is 11. The van der Waals surface area contributed by atoms with E-state index in [1.807, 2.05) is 36.4 Å². The van der Waals surface area contributed by atoms with Crippen molar-refractivity contribution in [1.29, 1.82) is 0 Å². The van der Waals surface area contributed by atoms with Crippen LogP contribution in [0.2, 0.25) is 0 Å². The number of hydrogen-bond acceptors (Lipinski definition) is 6. The highest BCUT2D eigenvalue weighted by Crippen LogP contribution is 2.50. The summed E-state index contributed by atoms with van der Waals surface area (Å²) in [5.41, 5.74) is -0.282. The molecule has 0 heterocycles. The highest BCUT2D eigenvalue weighted by atomic mass is 31.2. The van der Waals surface area contributed by atoms with Crippen LogP contribution in [0.5, 0.6) is 0 Å². The number of Topliss-reactive ketones (excluding diaryl/α,β-unsaturated/α-hetero) is 1. The van der Waals surface area contributed by atoms with Gasteiger partial charge in [-0.05, 0) is 18.9 Å². The number of hydrogen-bond donors (Lipinski definition) is 0. The second-order valence-corrected chi connectivity index (χ2v) is 8.66. The van der Waals surface area contributed by atoms with E-state index in [0.717, 1.165) is 0 Å². The molecule has 2 atom stereocenters. The Bertz CT molecular complexity index is 787. The number of ether oxygens (including phenoxy) is 2. The van der Waals surface area contributed by atoms with Crippen molar-refractivity contribution in [3.05, 3.63) is 71.8 Å². The van der Waals surface area contributed by atoms with Gasteiger partial charge in [-0.15, -0.1) is 0 Å². The van der Waals surface area contributed by atoms with Crippen molar-refractivity contribution >= 4 is 13.4 Å². The van der Waals surface area contributed by atoms with E-state index in [9.17, 15) is 9.36 Å². The molecule has 2 aromatic carbocycles. The van der Waals surface area contributed by atoms with E-state index in [1.165, 1.54) is 21.3 Å². The molecule has 0 bridgehead atoms. The summed E-state index contributed by atoms with van der Waals surface area (Å²) in [4.78, 5) is 13.7. The SMILES string of the molecule is COC(C)OC(CCP(=O)(OC)OC)(C(=O)c1ccccc1)c1ccccc1. The van der Waals surface area contributed by atoms with Gasteiger partial charge in [-0.3, -0.25) is 9.36 Å². The van der Waals surface area contributed by atoms with Crippen molar-refractivity contribution in [3.8, 4) is 0 Å². The van der Waals surface area contributed by atoms with Gasteiger partial charge in [-0.25, -0.2) is 0 Å². The van der Waals surface area contributed by atoms with E-state index in [-0.39, 0.29) is 18.4 Å². The van der Waals surface area contributed by atoms with Crippen molar-refractivity contribution in [2.75, 3.05) is 27.5 Å². The van der Waals surface area contributed by atoms with Gasteiger partial charge in [0.25, 0.3) is 0 Å². The topological polar surface area (TPSA) is 71.1 Å². The minimum absolute atomic E-state index is 0.00387. The van der Waals surface area contributed by atoms with Crippen molar-refractivity contribution in [2.45, 2.75) is 25.2 Å². The fourth-order valence-electron chi connectivity index (χ4n) is 2.98. The number of carbonyl (C=O) groups is 1. The molecule has 0 amide bonds. The molecular weight excluding hydrogens is 379 g/mol. The van der Waals surface area contributed by atoms with E-state index in [0.29, 0.717) is 11.1 Å². The van der Waals surface area contributed by atoms with Gasteiger partial charge < -0.3 is 18.5 Å². The van der Waals surface area contributed by atoms with Crippen LogP contribution < -0.4 is 0 Å². The van der Waals surface area contributed by atoms with E-state index in [4.69, 9.17) is 18.5 Å². The third-order valence-electron chi connectivity index (χ3n) is 4.64. The largest absolute Gasteiger partial charge is 0.356 e. The Hall–Kier alpha value is -1.82.